The Hall–Kier alpha value is -0.600. The number of aromatic nitrogens is 1. The third-order valence-electron chi connectivity index (χ3n) is 2.78. The van der Waals surface area contributed by atoms with Gasteiger partial charge in [0.05, 0.1) is 0 Å². The molecule has 0 unspecified atom stereocenters. The maximum atomic E-state index is 6.09. The molecule has 3 heteroatoms. The Kier molecular flexibility index (Phi) is 1.86. The van der Waals surface area contributed by atoms with Gasteiger partial charge in [-0.25, -0.2) is 4.98 Å². The molecule has 0 radical (unpaired) electrons. The zero-order chi connectivity index (χ0) is 9.64. The van der Waals surface area contributed by atoms with Crippen LogP contribution in [0.15, 0.2) is 12.1 Å². The second-order valence-corrected chi connectivity index (χ2v) is 4.70. The van der Waals surface area contributed by atoms with Crippen LogP contribution in [-0.4, -0.2) is 4.98 Å². The number of rotatable bonds is 0. The minimum atomic E-state index is 0.0901. The molecule has 1 aliphatic rings. The van der Waals surface area contributed by atoms with Gasteiger partial charge in [0.1, 0.15) is 5.15 Å². The molecular formula is C10H13ClN2. The zero-order valence-electron chi connectivity index (χ0n) is 7.84. The van der Waals surface area contributed by atoms with Crippen molar-refractivity contribution in [3.63, 3.8) is 0 Å². The van der Waals surface area contributed by atoms with Gasteiger partial charge in [0, 0.05) is 11.7 Å². The minimum Gasteiger partial charge on any atom is -0.323 e. The van der Waals surface area contributed by atoms with Gasteiger partial charge >= 0.3 is 0 Å². The van der Waals surface area contributed by atoms with Crippen molar-refractivity contribution in [2.24, 2.45) is 11.1 Å². The Morgan fingerprint density at radius 1 is 1.54 bits per heavy atom. The quantitative estimate of drug-likeness (QED) is 0.647. The summed E-state index contributed by atoms with van der Waals surface area (Å²) in [4.78, 5) is 4.29. The Balaban J connectivity index is 2.50. The molecule has 0 aliphatic heterocycles. The van der Waals surface area contributed by atoms with E-state index in [0.717, 1.165) is 17.7 Å². The number of fused-ring (bicyclic) bond motifs is 1. The van der Waals surface area contributed by atoms with E-state index in [-0.39, 0.29) is 11.5 Å². The molecule has 2 N–H and O–H groups in total. The molecule has 0 spiro atoms. The van der Waals surface area contributed by atoms with Crippen molar-refractivity contribution in [1.82, 2.24) is 4.98 Å². The molecule has 13 heavy (non-hydrogen) atoms. The van der Waals surface area contributed by atoms with Gasteiger partial charge in [0.2, 0.25) is 0 Å². The third kappa shape index (κ3) is 1.34. The highest BCUT2D eigenvalue weighted by Crippen LogP contribution is 2.42. The van der Waals surface area contributed by atoms with Crippen molar-refractivity contribution < 1.29 is 0 Å². The normalized spacial score (nSPS) is 24.5. The van der Waals surface area contributed by atoms with E-state index < -0.39 is 0 Å². The van der Waals surface area contributed by atoms with Crippen LogP contribution in [-0.2, 0) is 6.42 Å². The second-order valence-electron chi connectivity index (χ2n) is 4.31. The van der Waals surface area contributed by atoms with Crippen LogP contribution in [0.4, 0.5) is 0 Å². The van der Waals surface area contributed by atoms with Crippen LogP contribution in [0.2, 0.25) is 5.15 Å². The van der Waals surface area contributed by atoms with E-state index in [4.69, 9.17) is 17.3 Å². The Bertz CT molecular complexity index is 347. The summed E-state index contributed by atoms with van der Waals surface area (Å²) in [6.07, 6.45) is 0.921. The molecule has 0 aromatic carbocycles. The largest absolute Gasteiger partial charge is 0.323 e. The monoisotopic (exact) mass is 196 g/mol. The van der Waals surface area contributed by atoms with Gasteiger partial charge in [-0.05, 0) is 23.5 Å². The van der Waals surface area contributed by atoms with Gasteiger partial charge in [0.25, 0.3) is 0 Å². The Morgan fingerprint density at radius 2 is 2.23 bits per heavy atom. The summed E-state index contributed by atoms with van der Waals surface area (Å²) in [5.41, 5.74) is 8.41. The van der Waals surface area contributed by atoms with Crippen molar-refractivity contribution in [2.45, 2.75) is 26.3 Å². The van der Waals surface area contributed by atoms with Gasteiger partial charge in [-0.2, -0.15) is 0 Å². The van der Waals surface area contributed by atoms with E-state index in [1.807, 2.05) is 12.1 Å². The molecule has 0 bridgehead atoms. The summed E-state index contributed by atoms with van der Waals surface area (Å²) in [7, 11) is 0. The lowest BCUT2D eigenvalue weighted by atomic mass is 9.86. The molecule has 0 saturated carbocycles. The zero-order valence-corrected chi connectivity index (χ0v) is 8.60. The first-order valence-corrected chi connectivity index (χ1v) is 4.79. The molecule has 1 aliphatic carbocycles. The van der Waals surface area contributed by atoms with Crippen molar-refractivity contribution >= 4 is 11.6 Å². The maximum Gasteiger partial charge on any atom is 0.129 e. The standard InChI is InChI=1S/C10H13ClN2/c1-10(2)5-7-6(9(10)12)3-4-8(11)13-7/h3-4,9H,5,12H2,1-2H3/t9-/m1/s1. The molecule has 1 heterocycles. The number of pyridine rings is 1. The van der Waals surface area contributed by atoms with Crippen molar-refractivity contribution in [1.29, 1.82) is 0 Å². The topological polar surface area (TPSA) is 38.9 Å². The second kappa shape index (κ2) is 2.69. The fourth-order valence-corrected chi connectivity index (χ4v) is 2.04. The van der Waals surface area contributed by atoms with E-state index in [0.29, 0.717) is 5.15 Å². The first-order valence-electron chi connectivity index (χ1n) is 4.41. The van der Waals surface area contributed by atoms with Crippen LogP contribution >= 0.6 is 11.6 Å². The van der Waals surface area contributed by atoms with E-state index >= 15 is 0 Å². The predicted octanol–water partition coefficient (Wildman–Crippen LogP) is 2.32. The summed E-state index contributed by atoms with van der Waals surface area (Å²) >= 11 is 5.81. The van der Waals surface area contributed by atoms with Gasteiger partial charge < -0.3 is 5.73 Å². The molecule has 1 aromatic rings. The molecule has 2 nitrogen and oxygen atoms in total. The lowest BCUT2D eigenvalue weighted by molar-refractivity contribution is 0.318. The number of hydrogen-bond donors (Lipinski definition) is 1. The summed E-state index contributed by atoms with van der Waals surface area (Å²) in [6, 6.07) is 3.89. The molecule has 2 rings (SSSR count). The van der Waals surface area contributed by atoms with E-state index in [9.17, 15) is 0 Å². The number of nitrogens with two attached hydrogens (primary N) is 1. The predicted molar refractivity (Wildman–Crippen MR) is 53.7 cm³/mol. The summed E-state index contributed by atoms with van der Waals surface area (Å²) in [5.74, 6) is 0. The van der Waals surface area contributed by atoms with Crippen LogP contribution < -0.4 is 5.73 Å². The highest BCUT2D eigenvalue weighted by atomic mass is 35.5. The summed E-state index contributed by atoms with van der Waals surface area (Å²) in [5, 5.41) is 0.559. The van der Waals surface area contributed by atoms with Gasteiger partial charge in [-0.15, -0.1) is 0 Å². The third-order valence-corrected chi connectivity index (χ3v) is 2.99. The van der Waals surface area contributed by atoms with Crippen LogP contribution in [0.3, 0.4) is 0 Å². The van der Waals surface area contributed by atoms with Gasteiger partial charge in [-0.1, -0.05) is 31.5 Å². The fourth-order valence-electron chi connectivity index (χ4n) is 1.87. The summed E-state index contributed by atoms with van der Waals surface area (Å²) in [6.45, 7) is 4.32. The Morgan fingerprint density at radius 3 is 2.92 bits per heavy atom. The van der Waals surface area contributed by atoms with Gasteiger partial charge in [-0.3, -0.25) is 0 Å². The van der Waals surface area contributed by atoms with Crippen molar-refractivity contribution in [3.05, 3.63) is 28.5 Å². The van der Waals surface area contributed by atoms with Crippen molar-refractivity contribution in [2.75, 3.05) is 0 Å². The smallest absolute Gasteiger partial charge is 0.129 e. The van der Waals surface area contributed by atoms with Crippen LogP contribution in [0.25, 0.3) is 0 Å². The van der Waals surface area contributed by atoms with E-state index in [1.165, 1.54) is 0 Å². The maximum absolute atomic E-state index is 6.09. The number of nitrogens with zero attached hydrogens (tertiary/aromatic N) is 1. The van der Waals surface area contributed by atoms with Crippen LogP contribution in [0.5, 0.6) is 0 Å². The molecule has 0 fully saturated rings. The van der Waals surface area contributed by atoms with E-state index in [2.05, 4.69) is 18.8 Å². The number of halogens is 1. The molecule has 1 atom stereocenters. The molecular weight excluding hydrogens is 184 g/mol. The highest BCUT2D eigenvalue weighted by molar-refractivity contribution is 6.29. The van der Waals surface area contributed by atoms with Crippen LogP contribution in [0, 0.1) is 5.41 Å². The SMILES string of the molecule is CC1(C)Cc2nc(Cl)ccc2[C@H]1N. The first kappa shape index (κ1) is 8.97. The average Bonchev–Trinajstić information content (AvgIpc) is 2.22. The van der Waals surface area contributed by atoms with Crippen molar-refractivity contribution in [3.8, 4) is 0 Å². The minimum absolute atomic E-state index is 0.0901. The summed E-state index contributed by atoms with van der Waals surface area (Å²) < 4.78 is 0. The molecule has 70 valence electrons. The number of hydrogen-bond acceptors (Lipinski definition) is 2. The van der Waals surface area contributed by atoms with E-state index in [1.54, 1.807) is 0 Å². The lowest BCUT2D eigenvalue weighted by Gasteiger charge is -2.22. The Labute approximate surface area is 83.1 Å². The first-order chi connectivity index (χ1) is 6.00. The fraction of sp³-hybridized carbons (Fsp3) is 0.500. The van der Waals surface area contributed by atoms with Gasteiger partial charge in [0.15, 0.2) is 0 Å². The lowest BCUT2D eigenvalue weighted by Crippen LogP contribution is -2.24. The highest BCUT2D eigenvalue weighted by Gasteiger charge is 2.37. The molecule has 0 amide bonds. The molecule has 0 saturated heterocycles. The molecule has 1 aromatic heterocycles. The van der Waals surface area contributed by atoms with Crippen LogP contribution in [0.1, 0.15) is 31.1 Å². The average molecular weight is 197 g/mol.